The van der Waals surface area contributed by atoms with Crippen LogP contribution in [0.4, 0.5) is 5.00 Å². The fourth-order valence-electron chi connectivity index (χ4n) is 2.07. The highest BCUT2D eigenvalue weighted by atomic mass is 32.1. The number of esters is 2. The Balaban J connectivity index is 2.18. The van der Waals surface area contributed by atoms with Gasteiger partial charge in [0, 0.05) is 11.8 Å². The standard InChI is InChI=1S/C16H17NO6S/c1-8-9(2)24-14(17-10(3)18)13(8)16(20)23-7-12-11(5-6-22-12)15(19)21-4/h5-6H,7H2,1-4H3,(H,17,18). The Morgan fingerprint density at radius 2 is 1.96 bits per heavy atom. The summed E-state index contributed by atoms with van der Waals surface area (Å²) in [6.45, 7) is 4.78. The van der Waals surface area contributed by atoms with E-state index in [4.69, 9.17) is 9.15 Å². The lowest BCUT2D eigenvalue weighted by Crippen LogP contribution is -2.12. The molecule has 128 valence electrons. The van der Waals surface area contributed by atoms with Crippen LogP contribution in [-0.4, -0.2) is 25.0 Å². The number of aryl methyl sites for hydroxylation is 1. The predicted octanol–water partition coefficient (Wildman–Crippen LogP) is 3.06. The molecule has 0 fully saturated rings. The van der Waals surface area contributed by atoms with Gasteiger partial charge in [0.15, 0.2) is 12.4 Å². The van der Waals surface area contributed by atoms with Crippen LogP contribution in [0.5, 0.6) is 0 Å². The average Bonchev–Trinajstić information content (AvgIpc) is 3.09. The van der Waals surface area contributed by atoms with Crippen molar-refractivity contribution in [3.8, 4) is 0 Å². The Hall–Kier alpha value is -2.61. The lowest BCUT2D eigenvalue weighted by Gasteiger charge is -2.07. The zero-order valence-corrected chi connectivity index (χ0v) is 14.5. The first-order chi connectivity index (χ1) is 11.3. The monoisotopic (exact) mass is 351 g/mol. The molecule has 2 aromatic rings. The predicted molar refractivity (Wildman–Crippen MR) is 87.3 cm³/mol. The van der Waals surface area contributed by atoms with Gasteiger partial charge >= 0.3 is 11.9 Å². The number of hydrogen-bond donors (Lipinski definition) is 1. The zero-order valence-electron chi connectivity index (χ0n) is 13.7. The topological polar surface area (TPSA) is 94.8 Å². The van der Waals surface area contributed by atoms with Crippen LogP contribution in [0.15, 0.2) is 16.7 Å². The Labute approximate surface area is 142 Å². The Kier molecular flexibility index (Phi) is 5.40. The molecule has 0 bridgehead atoms. The fraction of sp³-hybridized carbons (Fsp3) is 0.312. The van der Waals surface area contributed by atoms with Crippen molar-refractivity contribution in [1.29, 1.82) is 0 Å². The van der Waals surface area contributed by atoms with Gasteiger partial charge in [-0.3, -0.25) is 4.79 Å². The van der Waals surface area contributed by atoms with E-state index in [0.29, 0.717) is 10.6 Å². The largest absolute Gasteiger partial charge is 0.465 e. The maximum Gasteiger partial charge on any atom is 0.341 e. The number of thiophene rings is 1. The lowest BCUT2D eigenvalue weighted by atomic mass is 10.1. The SMILES string of the molecule is COC(=O)c1ccoc1COC(=O)c1c(NC(C)=O)sc(C)c1C. The minimum absolute atomic E-state index is 0.195. The van der Waals surface area contributed by atoms with E-state index in [1.165, 1.54) is 37.7 Å². The van der Waals surface area contributed by atoms with Crippen LogP contribution in [0.3, 0.4) is 0 Å². The summed E-state index contributed by atoms with van der Waals surface area (Å²) in [6, 6.07) is 1.44. The number of carbonyl (C=O) groups is 3. The molecule has 0 saturated heterocycles. The molecule has 0 spiro atoms. The third-order valence-electron chi connectivity index (χ3n) is 3.36. The van der Waals surface area contributed by atoms with Crippen LogP contribution in [0, 0.1) is 13.8 Å². The Bertz CT molecular complexity index is 789. The van der Waals surface area contributed by atoms with Gasteiger partial charge in [0.2, 0.25) is 5.91 Å². The average molecular weight is 351 g/mol. The Morgan fingerprint density at radius 3 is 2.58 bits per heavy atom. The minimum Gasteiger partial charge on any atom is -0.465 e. The summed E-state index contributed by atoms with van der Waals surface area (Å²) in [5, 5.41) is 3.07. The first kappa shape index (κ1) is 17.7. The van der Waals surface area contributed by atoms with E-state index in [2.05, 4.69) is 10.1 Å². The molecule has 1 amide bonds. The first-order valence-corrected chi connectivity index (χ1v) is 7.86. The fourth-order valence-corrected chi connectivity index (χ4v) is 3.16. The lowest BCUT2D eigenvalue weighted by molar-refractivity contribution is -0.114. The molecule has 2 heterocycles. The summed E-state index contributed by atoms with van der Waals surface area (Å²) < 4.78 is 15.0. The molecule has 24 heavy (non-hydrogen) atoms. The summed E-state index contributed by atoms with van der Waals surface area (Å²) in [7, 11) is 1.25. The molecule has 0 aromatic carbocycles. The van der Waals surface area contributed by atoms with Gasteiger partial charge in [-0.15, -0.1) is 11.3 Å². The molecule has 2 rings (SSSR count). The van der Waals surface area contributed by atoms with Crippen LogP contribution in [0.1, 0.15) is 43.8 Å². The number of amides is 1. The molecular formula is C16H17NO6S. The highest BCUT2D eigenvalue weighted by molar-refractivity contribution is 7.16. The van der Waals surface area contributed by atoms with E-state index in [-0.39, 0.29) is 23.8 Å². The molecule has 0 aliphatic rings. The molecule has 0 unspecified atom stereocenters. The summed E-state index contributed by atoms with van der Waals surface area (Å²) in [5.74, 6) is -1.26. The molecule has 2 aromatic heterocycles. The van der Waals surface area contributed by atoms with Crippen LogP contribution < -0.4 is 5.32 Å². The molecule has 0 saturated carbocycles. The van der Waals surface area contributed by atoms with E-state index >= 15 is 0 Å². The number of ether oxygens (including phenoxy) is 2. The number of carbonyl (C=O) groups excluding carboxylic acids is 3. The molecule has 8 heteroatoms. The molecule has 0 atom stereocenters. The van der Waals surface area contributed by atoms with Gasteiger partial charge in [-0.1, -0.05) is 0 Å². The van der Waals surface area contributed by atoms with Crippen molar-refractivity contribution < 1.29 is 28.3 Å². The molecular weight excluding hydrogens is 334 g/mol. The van der Waals surface area contributed by atoms with Crippen molar-refractivity contribution in [3.63, 3.8) is 0 Å². The van der Waals surface area contributed by atoms with Gasteiger partial charge in [-0.2, -0.15) is 0 Å². The maximum atomic E-state index is 12.4. The maximum absolute atomic E-state index is 12.4. The number of anilines is 1. The minimum atomic E-state index is -0.604. The number of hydrogen-bond acceptors (Lipinski definition) is 7. The molecule has 1 N–H and O–H groups in total. The smallest absolute Gasteiger partial charge is 0.341 e. The van der Waals surface area contributed by atoms with E-state index in [9.17, 15) is 14.4 Å². The van der Waals surface area contributed by atoms with Crippen molar-refractivity contribution in [2.24, 2.45) is 0 Å². The van der Waals surface area contributed by atoms with Gasteiger partial charge < -0.3 is 19.2 Å². The number of nitrogens with one attached hydrogen (secondary N) is 1. The number of methoxy groups -OCH3 is 1. The van der Waals surface area contributed by atoms with Crippen molar-refractivity contribution in [1.82, 2.24) is 0 Å². The van der Waals surface area contributed by atoms with Crippen molar-refractivity contribution in [2.75, 3.05) is 12.4 Å². The summed E-state index contributed by atoms with van der Waals surface area (Å²) in [6.07, 6.45) is 1.32. The van der Waals surface area contributed by atoms with Gasteiger partial charge in [-0.25, -0.2) is 9.59 Å². The van der Waals surface area contributed by atoms with Crippen LogP contribution in [0.25, 0.3) is 0 Å². The van der Waals surface area contributed by atoms with Crippen molar-refractivity contribution in [3.05, 3.63) is 39.7 Å². The van der Waals surface area contributed by atoms with Crippen molar-refractivity contribution >= 4 is 34.2 Å². The highest BCUT2D eigenvalue weighted by Crippen LogP contribution is 2.33. The zero-order chi connectivity index (χ0) is 17.9. The molecule has 0 aliphatic heterocycles. The van der Waals surface area contributed by atoms with Gasteiger partial charge in [0.1, 0.15) is 10.6 Å². The first-order valence-electron chi connectivity index (χ1n) is 7.04. The third kappa shape index (κ3) is 3.65. The second kappa shape index (κ2) is 7.31. The van der Waals surface area contributed by atoms with Gasteiger partial charge in [-0.05, 0) is 25.5 Å². The molecule has 0 radical (unpaired) electrons. The number of rotatable bonds is 5. The summed E-state index contributed by atoms with van der Waals surface area (Å²) in [5.41, 5.74) is 1.24. The number of furan rings is 1. The van der Waals surface area contributed by atoms with Gasteiger partial charge in [0.05, 0.1) is 18.9 Å². The quantitative estimate of drug-likeness (QED) is 0.832. The van der Waals surface area contributed by atoms with Crippen LogP contribution >= 0.6 is 11.3 Å². The molecule has 0 aliphatic carbocycles. The van der Waals surface area contributed by atoms with E-state index < -0.39 is 11.9 Å². The third-order valence-corrected chi connectivity index (χ3v) is 4.49. The van der Waals surface area contributed by atoms with Gasteiger partial charge in [0.25, 0.3) is 0 Å². The second-order valence-corrected chi connectivity index (χ2v) is 6.22. The van der Waals surface area contributed by atoms with Crippen LogP contribution in [-0.2, 0) is 20.9 Å². The molecule has 7 nitrogen and oxygen atoms in total. The summed E-state index contributed by atoms with van der Waals surface area (Å²) >= 11 is 1.30. The normalized spacial score (nSPS) is 10.3. The highest BCUT2D eigenvalue weighted by Gasteiger charge is 2.23. The van der Waals surface area contributed by atoms with Crippen LogP contribution in [0.2, 0.25) is 0 Å². The Morgan fingerprint density at radius 1 is 1.25 bits per heavy atom. The van der Waals surface area contributed by atoms with E-state index in [0.717, 1.165) is 10.4 Å². The summed E-state index contributed by atoms with van der Waals surface area (Å²) in [4.78, 5) is 36.2. The van der Waals surface area contributed by atoms with E-state index in [1.807, 2.05) is 6.92 Å². The van der Waals surface area contributed by atoms with Crippen molar-refractivity contribution in [2.45, 2.75) is 27.4 Å². The van der Waals surface area contributed by atoms with E-state index in [1.54, 1.807) is 6.92 Å². The second-order valence-electron chi connectivity index (χ2n) is 4.99.